The van der Waals surface area contributed by atoms with Crippen molar-refractivity contribution >= 4 is 11.6 Å². The van der Waals surface area contributed by atoms with Gasteiger partial charge in [0.2, 0.25) is 0 Å². The number of H-pyrrole nitrogens is 1. The summed E-state index contributed by atoms with van der Waals surface area (Å²) < 4.78 is 0. The first-order valence-electron chi connectivity index (χ1n) is 6.06. The lowest BCUT2D eigenvalue weighted by Crippen LogP contribution is -2.28. The Morgan fingerprint density at radius 1 is 1.53 bits per heavy atom. The number of carbonyl (C=O) groups excluding carboxylic acids is 1. The summed E-state index contributed by atoms with van der Waals surface area (Å²) in [5.74, 6) is 0.412. The second-order valence-corrected chi connectivity index (χ2v) is 4.02. The highest BCUT2D eigenvalue weighted by Crippen LogP contribution is 2.14. The summed E-state index contributed by atoms with van der Waals surface area (Å²) in [6.45, 7) is 4.54. The summed E-state index contributed by atoms with van der Waals surface area (Å²) in [5, 5.41) is 12.5. The van der Waals surface area contributed by atoms with Crippen molar-refractivity contribution in [3.8, 4) is 0 Å². The topological polar surface area (TPSA) is 95.6 Å². The summed E-state index contributed by atoms with van der Waals surface area (Å²) in [7, 11) is 0. The Balaban J connectivity index is 2.11. The van der Waals surface area contributed by atoms with E-state index in [4.69, 9.17) is 0 Å². The van der Waals surface area contributed by atoms with E-state index in [1.54, 1.807) is 18.5 Å². The van der Waals surface area contributed by atoms with Crippen molar-refractivity contribution in [1.82, 2.24) is 25.5 Å². The van der Waals surface area contributed by atoms with Crippen LogP contribution in [-0.4, -0.2) is 32.6 Å². The number of pyridine rings is 1. The molecular formula is C12H16N6O. The number of anilines is 1. The van der Waals surface area contributed by atoms with Crippen LogP contribution in [0.3, 0.4) is 0 Å². The number of rotatable bonds is 5. The number of aromatic nitrogens is 4. The molecule has 3 N–H and O–H groups in total. The molecule has 0 aromatic carbocycles. The fourth-order valence-electron chi connectivity index (χ4n) is 1.69. The molecule has 0 aliphatic heterocycles. The number of hydrogen-bond acceptors (Lipinski definition) is 5. The summed E-state index contributed by atoms with van der Waals surface area (Å²) in [5.41, 5.74) is 1.27. The molecule has 7 nitrogen and oxygen atoms in total. The van der Waals surface area contributed by atoms with Gasteiger partial charge in [-0.15, -0.1) is 0 Å². The maximum absolute atomic E-state index is 12.2. The van der Waals surface area contributed by atoms with E-state index in [0.29, 0.717) is 11.4 Å². The maximum Gasteiger partial charge on any atom is 0.255 e. The summed E-state index contributed by atoms with van der Waals surface area (Å²) >= 11 is 0. The van der Waals surface area contributed by atoms with E-state index in [2.05, 4.69) is 30.8 Å². The van der Waals surface area contributed by atoms with Gasteiger partial charge in [-0.3, -0.25) is 14.9 Å². The fraction of sp³-hybridized carbons (Fsp3) is 0.333. The van der Waals surface area contributed by atoms with Crippen LogP contribution in [-0.2, 0) is 0 Å². The van der Waals surface area contributed by atoms with Crippen LogP contribution in [0.15, 0.2) is 24.8 Å². The average Bonchev–Trinajstić information content (AvgIpc) is 2.93. The Hall–Kier alpha value is -2.44. The van der Waals surface area contributed by atoms with Gasteiger partial charge in [0, 0.05) is 18.9 Å². The molecule has 2 heterocycles. The Bertz CT molecular complexity index is 539. The maximum atomic E-state index is 12.2. The van der Waals surface area contributed by atoms with E-state index >= 15 is 0 Å². The Morgan fingerprint density at radius 2 is 2.37 bits per heavy atom. The number of nitrogens with zero attached hydrogens (tertiary/aromatic N) is 3. The minimum Gasteiger partial charge on any atom is -0.385 e. The molecule has 0 spiro atoms. The van der Waals surface area contributed by atoms with Crippen LogP contribution in [0.5, 0.6) is 0 Å². The molecule has 2 aromatic heterocycles. The van der Waals surface area contributed by atoms with E-state index < -0.39 is 0 Å². The molecule has 0 aliphatic rings. The Kier molecular flexibility index (Phi) is 4.07. The van der Waals surface area contributed by atoms with Crippen molar-refractivity contribution in [2.45, 2.75) is 19.9 Å². The van der Waals surface area contributed by atoms with Crippen LogP contribution >= 0.6 is 0 Å². The molecule has 0 saturated heterocycles. The number of amides is 1. The molecule has 2 aromatic rings. The van der Waals surface area contributed by atoms with Gasteiger partial charge in [-0.2, -0.15) is 5.10 Å². The number of aromatic amines is 1. The molecule has 2 rings (SSSR count). The van der Waals surface area contributed by atoms with Gasteiger partial charge in [0.15, 0.2) is 0 Å². The van der Waals surface area contributed by atoms with Crippen molar-refractivity contribution in [3.63, 3.8) is 0 Å². The van der Waals surface area contributed by atoms with Crippen LogP contribution in [0.1, 0.15) is 36.1 Å². The van der Waals surface area contributed by atoms with Crippen LogP contribution < -0.4 is 10.6 Å². The van der Waals surface area contributed by atoms with Crippen LogP contribution in [0.25, 0.3) is 0 Å². The third kappa shape index (κ3) is 3.06. The van der Waals surface area contributed by atoms with E-state index in [-0.39, 0.29) is 11.9 Å². The van der Waals surface area contributed by atoms with Gasteiger partial charge in [-0.1, -0.05) is 0 Å². The van der Waals surface area contributed by atoms with Gasteiger partial charge < -0.3 is 10.6 Å². The van der Waals surface area contributed by atoms with Gasteiger partial charge in [-0.05, 0) is 19.9 Å². The summed E-state index contributed by atoms with van der Waals surface area (Å²) in [4.78, 5) is 20.2. The third-order valence-corrected chi connectivity index (χ3v) is 2.62. The molecule has 1 amide bonds. The quantitative estimate of drug-likeness (QED) is 0.748. The fourth-order valence-corrected chi connectivity index (χ4v) is 1.69. The third-order valence-electron chi connectivity index (χ3n) is 2.62. The molecule has 0 aliphatic carbocycles. The number of carbonyl (C=O) groups is 1. The molecule has 19 heavy (non-hydrogen) atoms. The first kappa shape index (κ1) is 13.0. The second kappa shape index (κ2) is 5.94. The molecule has 7 heteroatoms. The molecule has 1 atom stereocenters. The van der Waals surface area contributed by atoms with E-state index in [1.165, 1.54) is 6.33 Å². The highest BCUT2D eigenvalue weighted by molar-refractivity contribution is 5.99. The van der Waals surface area contributed by atoms with Crippen molar-refractivity contribution in [2.75, 3.05) is 11.9 Å². The minimum atomic E-state index is -0.246. The molecule has 0 fully saturated rings. The van der Waals surface area contributed by atoms with Crippen molar-refractivity contribution in [2.24, 2.45) is 0 Å². The monoisotopic (exact) mass is 260 g/mol. The van der Waals surface area contributed by atoms with Crippen LogP contribution in [0.2, 0.25) is 0 Å². The molecule has 0 radical (unpaired) electrons. The highest BCUT2D eigenvalue weighted by atomic mass is 16.1. The van der Waals surface area contributed by atoms with Gasteiger partial charge >= 0.3 is 0 Å². The van der Waals surface area contributed by atoms with Crippen molar-refractivity contribution in [3.05, 3.63) is 36.2 Å². The second-order valence-electron chi connectivity index (χ2n) is 4.02. The number of hydrogen-bond donors (Lipinski definition) is 3. The van der Waals surface area contributed by atoms with Gasteiger partial charge in [-0.25, -0.2) is 4.98 Å². The number of nitrogens with one attached hydrogen (secondary N) is 3. The van der Waals surface area contributed by atoms with Gasteiger partial charge in [0.1, 0.15) is 12.2 Å². The van der Waals surface area contributed by atoms with Crippen molar-refractivity contribution in [1.29, 1.82) is 0 Å². The van der Waals surface area contributed by atoms with Crippen molar-refractivity contribution < 1.29 is 4.79 Å². The lowest BCUT2D eigenvalue weighted by Gasteiger charge is -2.13. The van der Waals surface area contributed by atoms with Gasteiger partial charge in [0.25, 0.3) is 5.91 Å². The summed E-state index contributed by atoms with van der Waals surface area (Å²) in [6, 6.07) is 1.53. The molecule has 0 saturated carbocycles. The molecular weight excluding hydrogens is 244 g/mol. The lowest BCUT2D eigenvalue weighted by molar-refractivity contribution is 0.0939. The van der Waals surface area contributed by atoms with E-state index in [9.17, 15) is 4.79 Å². The van der Waals surface area contributed by atoms with E-state index in [1.807, 2.05) is 13.8 Å². The first-order valence-corrected chi connectivity index (χ1v) is 6.06. The smallest absolute Gasteiger partial charge is 0.255 e. The summed E-state index contributed by atoms with van der Waals surface area (Å²) in [6.07, 6.45) is 4.60. The average molecular weight is 260 g/mol. The highest BCUT2D eigenvalue weighted by Gasteiger charge is 2.16. The normalized spacial score (nSPS) is 11.9. The SMILES string of the molecule is CCNc1ccncc1C(=O)NC(C)c1ncn[nH]1. The predicted molar refractivity (Wildman–Crippen MR) is 70.7 cm³/mol. The molecule has 0 bridgehead atoms. The van der Waals surface area contributed by atoms with Crippen LogP contribution in [0, 0.1) is 0 Å². The lowest BCUT2D eigenvalue weighted by atomic mass is 10.2. The predicted octanol–water partition coefficient (Wildman–Crippen LogP) is 1.12. The zero-order valence-electron chi connectivity index (χ0n) is 10.8. The Labute approximate surface area is 110 Å². The minimum absolute atomic E-state index is 0.201. The first-order chi connectivity index (χ1) is 9.22. The molecule has 100 valence electrons. The zero-order chi connectivity index (χ0) is 13.7. The largest absolute Gasteiger partial charge is 0.385 e. The molecule has 1 unspecified atom stereocenters. The standard InChI is InChI=1S/C12H16N6O/c1-3-14-10-4-5-13-6-9(10)12(19)17-8(2)11-15-7-16-18-11/h4-8H,3H2,1-2H3,(H,13,14)(H,17,19)(H,15,16,18). The van der Waals surface area contributed by atoms with E-state index in [0.717, 1.165) is 12.2 Å². The van der Waals surface area contributed by atoms with Crippen LogP contribution in [0.4, 0.5) is 5.69 Å². The van der Waals surface area contributed by atoms with Gasteiger partial charge in [0.05, 0.1) is 17.3 Å². The Morgan fingerprint density at radius 3 is 3.05 bits per heavy atom. The zero-order valence-corrected chi connectivity index (χ0v) is 10.8.